The van der Waals surface area contributed by atoms with E-state index in [4.69, 9.17) is 4.74 Å². The number of aromatic nitrogens is 1. The molecule has 0 saturated carbocycles. The Morgan fingerprint density at radius 2 is 2.28 bits per heavy atom. The van der Waals surface area contributed by atoms with Crippen LogP contribution < -0.4 is 10.1 Å². The summed E-state index contributed by atoms with van der Waals surface area (Å²) >= 11 is 0. The molecular weight excluding hydrogens is 228 g/mol. The van der Waals surface area contributed by atoms with Gasteiger partial charge in [0.2, 0.25) is 11.8 Å². The number of amides is 1. The number of carbonyl (C=O) groups excluding carboxylic acids is 1. The predicted molar refractivity (Wildman–Crippen MR) is 69.5 cm³/mol. The van der Waals surface area contributed by atoms with Gasteiger partial charge in [-0.3, -0.25) is 4.79 Å². The van der Waals surface area contributed by atoms with Crippen LogP contribution in [0.15, 0.2) is 18.2 Å². The SMILES string of the molecule is COc1cccc(C2CC(=O)NC2CC(C)C)n1. The van der Waals surface area contributed by atoms with Crippen molar-refractivity contribution >= 4 is 5.91 Å². The maximum Gasteiger partial charge on any atom is 0.220 e. The third kappa shape index (κ3) is 2.81. The molecule has 2 rings (SSSR count). The second-order valence-electron chi connectivity index (χ2n) is 5.22. The number of rotatable bonds is 4. The number of nitrogens with zero attached hydrogens (tertiary/aromatic N) is 1. The summed E-state index contributed by atoms with van der Waals surface area (Å²) in [7, 11) is 1.61. The number of carbonyl (C=O) groups is 1. The first kappa shape index (κ1) is 12.9. The van der Waals surface area contributed by atoms with E-state index in [1.807, 2.05) is 18.2 Å². The summed E-state index contributed by atoms with van der Waals surface area (Å²) in [6.45, 7) is 4.33. The molecule has 0 radical (unpaired) electrons. The van der Waals surface area contributed by atoms with Crippen LogP contribution in [0.3, 0.4) is 0 Å². The largest absolute Gasteiger partial charge is 0.481 e. The Bertz CT molecular complexity index is 432. The average molecular weight is 248 g/mol. The highest BCUT2D eigenvalue weighted by Crippen LogP contribution is 2.31. The Labute approximate surface area is 108 Å². The summed E-state index contributed by atoms with van der Waals surface area (Å²) in [6, 6.07) is 5.92. The van der Waals surface area contributed by atoms with Gasteiger partial charge in [0.15, 0.2) is 0 Å². The minimum absolute atomic E-state index is 0.121. The first-order valence-electron chi connectivity index (χ1n) is 6.40. The van der Waals surface area contributed by atoms with Gasteiger partial charge in [0.25, 0.3) is 0 Å². The molecule has 0 aliphatic carbocycles. The lowest BCUT2D eigenvalue weighted by molar-refractivity contribution is -0.119. The molecule has 1 amide bonds. The van der Waals surface area contributed by atoms with Crippen LogP contribution in [-0.2, 0) is 4.79 Å². The Hall–Kier alpha value is -1.58. The van der Waals surface area contributed by atoms with Crippen molar-refractivity contribution in [2.45, 2.75) is 38.6 Å². The van der Waals surface area contributed by atoms with Gasteiger partial charge in [-0.05, 0) is 18.4 Å². The lowest BCUT2D eigenvalue weighted by Crippen LogP contribution is -2.29. The van der Waals surface area contributed by atoms with E-state index in [1.54, 1.807) is 7.11 Å². The van der Waals surface area contributed by atoms with Crippen LogP contribution >= 0.6 is 0 Å². The zero-order valence-corrected chi connectivity index (χ0v) is 11.1. The highest BCUT2D eigenvalue weighted by molar-refractivity contribution is 5.80. The van der Waals surface area contributed by atoms with Crippen LogP contribution in [-0.4, -0.2) is 24.0 Å². The molecule has 1 saturated heterocycles. The topological polar surface area (TPSA) is 51.2 Å². The number of nitrogens with one attached hydrogen (secondary N) is 1. The van der Waals surface area contributed by atoms with Crippen LogP contribution in [0.4, 0.5) is 0 Å². The molecule has 18 heavy (non-hydrogen) atoms. The molecule has 2 unspecified atom stereocenters. The van der Waals surface area contributed by atoms with Crippen molar-refractivity contribution in [3.8, 4) is 5.88 Å². The van der Waals surface area contributed by atoms with Gasteiger partial charge in [-0.1, -0.05) is 19.9 Å². The second-order valence-corrected chi connectivity index (χ2v) is 5.22. The molecule has 1 aromatic heterocycles. The van der Waals surface area contributed by atoms with Crippen LogP contribution in [0.2, 0.25) is 0 Å². The minimum atomic E-state index is 0.121. The van der Waals surface area contributed by atoms with E-state index < -0.39 is 0 Å². The first-order valence-corrected chi connectivity index (χ1v) is 6.40. The fourth-order valence-corrected chi connectivity index (χ4v) is 2.50. The molecule has 0 aromatic carbocycles. The van der Waals surface area contributed by atoms with E-state index in [0.29, 0.717) is 18.2 Å². The summed E-state index contributed by atoms with van der Waals surface area (Å²) < 4.78 is 5.14. The quantitative estimate of drug-likeness (QED) is 0.887. The highest BCUT2D eigenvalue weighted by atomic mass is 16.5. The van der Waals surface area contributed by atoms with E-state index in [-0.39, 0.29) is 17.9 Å². The Balaban J connectivity index is 2.20. The molecule has 0 spiro atoms. The normalized spacial score (nSPS) is 23.2. The summed E-state index contributed by atoms with van der Waals surface area (Å²) in [4.78, 5) is 16.1. The van der Waals surface area contributed by atoms with Gasteiger partial charge < -0.3 is 10.1 Å². The van der Waals surface area contributed by atoms with Gasteiger partial charge in [-0.25, -0.2) is 4.98 Å². The number of hydrogen-bond donors (Lipinski definition) is 1. The van der Waals surface area contributed by atoms with E-state index in [2.05, 4.69) is 24.1 Å². The Morgan fingerprint density at radius 3 is 2.94 bits per heavy atom. The molecule has 1 aliphatic rings. The molecule has 1 N–H and O–H groups in total. The minimum Gasteiger partial charge on any atom is -0.481 e. The number of pyridine rings is 1. The average Bonchev–Trinajstić information content (AvgIpc) is 2.69. The van der Waals surface area contributed by atoms with Gasteiger partial charge in [0.05, 0.1) is 12.8 Å². The molecule has 2 atom stereocenters. The molecule has 1 aromatic rings. The first-order chi connectivity index (χ1) is 8.60. The van der Waals surface area contributed by atoms with Crippen LogP contribution in [0.1, 0.15) is 38.3 Å². The number of ether oxygens (including phenoxy) is 1. The lowest BCUT2D eigenvalue weighted by Gasteiger charge is -2.20. The van der Waals surface area contributed by atoms with Crippen molar-refractivity contribution in [3.63, 3.8) is 0 Å². The molecule has 0 bridgehead atoms. The van der Waals surface area contributed by atoms with Gasteiger partial charge in [-0.15, -0.1) is 0 Å². The summed E-state index contributed by atoms with van der Waals surface area (Å²) in [5.41, 5.74) is 0.943. The van der Waals surface area contributed by atoms with E-state index in [0.717, 1.165) is 12.1 Å². The third-order valence-corrected chi connectivity index (χ3v) is 3.30. The van der Waals surface area contributed by atoms with Gasteiger partial charge >= 0.3 is 0 Å². The fraction of sp³-hybridized carbons (Fsp3) is 0.571. The van der Waals surface area contributed by atoms with Crippen molar-refractivity contribution in [2.75, 3.05) is 7.11 Å². The van der Waals surface area contributed by atoms with Crippen molar-refractivity contribution in [3.05, 3.63) is 23.9 Å². The molecule has 1 fully saturated rings. The van der Waals surface area contributed by atoms with Gasteiger partial charge in [0.1, 0.15) is 0 Å². The van der Waals surface area contributed by atoms with Crippen LogP contribution in [0.5, 0.6) is 5.88 Å². The van der Waals surface area contributed by atoms with Crippen LogP contribution in [0, 0.1) is 5.92 Å². The second kappa shape index (κ2) is 5.38. The van der Waals surface area contributed by atoms with E-state index in [9.17, 15) is 4.79 Å². The molecule has 4 heteroatoms. The van der Waals surface area contributed by atoms with Gasteiger partial charge in [0, 0.05) is 24.4 Å². The third-order valence-electron chi connectivity index (χ3n) is 3.30. The molecule has 4 nitrogen and oxygen atoms in total. The van der Waals surface area contributed by atoms with Crippen molar-refractivity contribution in [2.24, 2.45) is 5.92 Å². The Kier molecular flexibility index (Phi) is 3.84. The molecule has 2 heterocycles. The fourth-order valence-electron chi connectivity index (χ4n) is 2.50. The lowest BCUT2D eigenvalue weighted by atomic mass is 9.90. The Morgan fingerprint density at radius 1 is 1.50 bits per heavy atom. The number of methoxy groups -OCH3 is 1. The van der Waals surface area contributed by atoms with Crippen LogP contribution in [0.25, 0.3) is 0 Å². The monoisotopic (exact) mass is 248 g/mol. The number of hydrogen-bond acceptors (Lipinski definition) is 3. The maximum absolute atomic E-state index is 11.6. The predicted octanol–water partition coefficient (Wildman–Crippen LogP) is 2.11. The molecule has 1 aliphatic heterocycles. The van der Waals surface area contributed by atoms with E-state index >= 15 is 0 Å². The standard InChI is InChI=1S/C14H20N2O2/c1-9(2)7-12-10(8-13(17)15-12)11-5-4-6-14(16-11)18-3/h4-6,9-10,12H,7-8H2,1-3H3,(H,15,17). The van der Waals surface area contributed by atoms with Gasteiger partial charge in [-0.2, -0.15) is 0 Å². The van der Waals surface area contributed by atoms with Crippen molar-refractivity contribution in [1.29, 1.82) is 0 Å². The van der Waals surface area contributed by atoms with E-state index in [1.165, 1.54) is 0 Å². The molecular formula is C14H20N2O2. The maximum atomic E-state index is 11.6. The summed E-state index contributed by atoms with van der Waals surface area (Å²) in [6.07, 6.45) is 1.51. The summed E-state index contributed by atoms with van der Waals surface area (Å²) in [5.74, 6) is 1.45. The zero-order valence-electron chi connectivity index (χ0n) is 11.1. The zero-order chi connectivity index (χ0) is 13.1. The summed E-state index contributed by atoms with van der Waals surface area (Å²) in [5, 5.41) is 3.05. The van der Waals surface area contributed by atoms with Crippen molar-refractivity contribution < 1.29 is 9.53 Å². The smallest absolute Gasteiger partial charge is 0.220 e. The molecule has 98 valence electrons. The highest BCUT2D eigenvalue weighted by Gasteiger charge is 2.34. The van der Waals surface area contributed by atoms with Crippen molar-refractivity contribution in [1.82, 2.24) is 10.3 Å².